The molecule has 0 aliphatic heterocycles. The van der Waals surface area contributed by atoms with E-state index in [0.29, 0.717) is 22.4 Å². The summed E-state index contributed by atoms with van der Waals surface area (Å²) in [7, 11) is 0. The minimum Gasteiger partial charge on any atom is -0.478 e. The fraction of sp³-hybridized carbons (Fsp3) is 0.120. The van der Waals surface area contributed by atoms with Crippen molar-refractivity contribution in [1.29, 1.82) is 5.41 Å². The summed E-state index contributed by atoms with van der Waals surface area (Å²) >= 11 is 0. The highest BCUT2D eigenvalue weighted by atomic mass is 16.4. The number of aromatic carboxylic acids is 1. The lowest BCUT2D eigenvalue weighted by atomic mass is 9.96. The third kappa shape index (κ3) is 5.82. The van der Waals surface area contributed by atoms with Crippen molar-refractivity contribution in [3.63, 3.8) is 0 Å². The standard InChI is InChI=1S/C25H24N4O4/c1-15(16-7-9-19(10-8-16)25(32)33)28-23(30)21(17-5-3-2-4-6-17)24(31)29-20-13-11-18(12-14-20)22(26)27/h2-15,21H,1H3,(H3,26,27)(H,28,30)(H,29,31)(H,32,33). The lowest BCUT2D eigenvalue weighted by Gasteiger charge is -2.21. The number of nitrogens with two attached hydrogens (primary N) is 1. The Labute approximate surface area is 191 Å². The number of nitrogen functional groups attached to an aromatic ring is 1. The number of rotatable bonds is 8. The van der Waals surface area contributed by atoms with Gasteiger partial charge in [-0.3, -0.25) is 15.0 Å². The zero-order chi connectivity index (χ0) is 24.0. The van der Waals surface area contributed by atoms with Gasteiger partial charge in [-0.2, -0.15) is 0 Å². The van der Waals surface area contributed by atoms with E-state index in [9.17, 15) is 14.4 Å². The van der Waals surface area contributed by atoms with Crippen LogP contribution < -0.4 is 16.4 Å². The average Bonchev–Trinajstić information content (AvgIpc) is 2.80. The molecule has 0 fully saturated rings. The Bertz CT molecular complexity index is 1160. The molecule has 8 nitrogen and oxygen atoms in total. The first-order valence-corrected chi connectivity index (χ1v) is 10.2. The molecule has 2 atom stereocenters. The van der Waals surface area contributed by atoms with Crippen molar-refractivity contribution >= 4 is 29.3 Å². The summed E-state index contributed by atoms with van der Waals surface area (Å²) in [6.45, 7) is 1.76. The molecule has 0 saturated heterocycles. The van der Waals surface area contributed by atoms with Crippen LogP contribution in [-0.4, -0.2) is 28.7 Å². The van der Waals surface area contributed by atoms with E-state index in [2.05, 4.69) is 10.6 Å². The molecule has 168 valence electrons. The highest BCUT2D eigenvalue weighted by Gasteiger charge is 2.29. The number of carboxylic acids is 1. The van der Waals surface area contributed by atoms with Gasteiger partial charge in [-0.15, -0.1) is 0 Å². The Morgan fingerprint density at radius 2 is 1.39 bits per heavy atom. The van der Waals surface area contributed by atoms with E-state index in [1.807, 2.05) is 0 Å². The summed E-state index contributed by atoms with van der Waals surface area (Å²) in [5, 5.41) is 22.1. The summed E-state index contributed by atoms with van der Waals surface area (Å²) in [5.74, 6) is -3.23. The number of amidine groups is 1. The van der Waals surface area contributed by atoms with Crippen LogP contribution >= 0.6 is 0 Å². The van der Waals surface area contributed by atoms with E-state index in [-0.39, 0.29) is 11.4 Å². The lowest BCUT2D eigenvalue weighted by Crippen LogP contribution is -2.37. The number of hydrogen-bond acceptors (Lipinski definition) is 4. The molecular weight excluding hydrogens is 420 g/mol. The van der Waals surface area contributed by atoms with Gasteiger partial charge in [0, 0.05) is 11.3 Å². The van der Waals surface area contributed by atoms with Crippen LogP contribution in [0.25, 0.3) is 0 Å². The van der Waals surface area contributed by atoms with E-state index in [1.54, 1.807) is 73.7 Å². The second-order valence-electron chi connectivity index (χ2n) is 7.48. The number of carbonyl (C=O) groups is 3. The zero-order valence-corrected chi connectivity index (χ0v) is 17.9. The summed E-state index contributed by atoms with van der Waals surface area (Å²) in [5.41, 5.74) is 7.84. The third-order valence-electron chi connectivity index (χ3n) is 5.14. The molecule has 3 aromatic rings. The first kappa shape index (κ1) is 23.2. The van der Waals surface area contributed by atoms with Crippen LogP contribution in [0, 0.1) is 5.41 Å². The molecular formula is C25H24N4O4. The first-order chi connectivity index (χ1) is 15.8. The normalized spacial score (nSPS) is 12.3. The predicted octanol–water partition coefficient (Wildman–Crippen LogP) is 3.27. The molecule has 6 N–H and O–H groups in total. The summed E-state index contributed by atoms with van der Waals surface area (Å²) in [4.78, 5) is 37.3. The fourth-order valence-electron chi connectivity index (χ4n) is 3.31. The number of nitrogens with one attached hydrogen (secondary N) is 3. The molecule has 8 heteroatoms. The molecule has 0 aliphatic carbocycles. The van der Waals surface area contributed by atoms with Crippen LogP contribution in [-0.2, 0) is 9.59 Å². The molecule has 0 aromatic heterocycles. The van der Waals surface area contributed by atoms with Crippen molar-refractivity contribution in [2.75, 3.05) is 5.32 Å². The smallest absolute Gasteiger partial charge is 0.335 e. The Morgan fingerprint density at radius 1 is 0.818 bits per heavy atom. The van der Waals surface area contributed by atoms with Gasteiger partial charge in [0.15, 0.2) is 0 Å². The van der Waals surface area contributed by atoms with Gasteiger partial charge in [-0.1, -0.05) is 42.5 Å². The van der Waals surface area contributed by atoms with Gasteiger partial charge in [0.25, 0.3) is 0 Å². The SMILES string of the molecule is CC(NC(=O)C(C(=O)Nc1ccc(C(=N)N)cc1)c1ccccc1)c1ccc(C(=O)O)cc1. The van der Waals surface area contributed by atoms with Crippen LogP contribution in [0.5, 0.6) is 0 Å². The zero-order valence-electron chi connectivity index (χ0n) is 17.9. The first-order valence-electron chi connectivity index (χ1n) is 10.2. The topological polar surface area (TPSA) is 145 Å². The van der Waals surface area contributed by atoms with Crippen LogP contribution in [0.3, 0.4) is 0 Å². The summed E-state index contributed by atoms with van der Waals surface area (Å²) in [6, 6.07) is 20.9. The second kappa shape index (κ2) is 10.2. The highest BCUT2D eigenvalue weighted by molar-refractivity contribution is 6.11. The molecule has 2 unspecified atom stereocenters. The Balaban J connectivity index is 1.79. The van der Waals surface area contributed by atoms with Gasteiger partial charge in [-0.05, 0) is 54.4 Å². The molecule has 33 heavy (non-hydrogen) atoms. The summed E-state index contributed by atoms with van der Waals surface area (Å²) < 4.78 is 0. The predicted molar refractivity (Wildman–Crippen MR) is 125 cm³/mol. The molecule has 0 heterocycles. The van der Waals surface area contributed by atoms with Gasteiger partial charge in [-0.25, -0.2) is 4.79 Å². The maximum absolute atomic E-state index is 13.2. The van der Waals surface area contributed by atoms with Gasteiger partial charge >= 0.3 is 5.97 Å². The molecule has 0 bridgehead atoms. The lowest BCUT2D eigenvalue weighted by molar-refractivity contribution is -0.129. The molecule has 3 rings (SSSR count). The Morgan fingerprint density at radius 3 is 1.94 bits per heavy atom. The number of hydrogen-bond donors (Lipinski definition) is 5. The monoisotopic (exact) mass is 444 g/mol. The van der Waals surface area contributed by atoms with Gasteiger partial charge in [0.2, 0.25) is 11.8 Å². The van der Waals surface area contributed by atoms with Crippen molar-refractivity contribution in [1.82, 2.24) is 5.32 Å². The molecule has 2 amide bonds. The second-order valence-corrected chi connectivity index (χ2v) is 7.48. The maximum atomic E-state index is 13.2. The van der Waals surface area contributed by atoms with Crippen molar-refractivity contribution in [3.05, 3.63) is 101 Å². The molecule has 0 spiro atoms. The number of anilines is 1. The molecule has 3 aromatic carbocycles. The molecule has 0 radical (unpaired) electrons. The maximum Gasteiger partial charge on any atom is 0.335 e. The van der Waals surface area contributed by atoms with Crippen LogP contribution in [0.4, 0.5) is 5.69 Å². The van der Waals surface area contributed by atoms with Crippen molar-refractivity contribution < 1.29 is 19.5 Å². The number of benzene rings is 3. The fourth-order valence-corrected chi connectivity index (χ4v) is 3.31. The van der Waals surface area contributed by atoms with Crippen molar-refractivity contribution in [2.24, 2.45) is 5.73 Å². The van der Waals surface area contributed by atoms with E-state index >= 15 is 0 Å². The highest BCUT2D eigenvalue weighted by Crippen LogP contribution is 2.22. The van der Waals surface area contributed by atoms with E-state index < -0.39 is 29.7 Å². The van der Waals surface area contributed by atoms with Crippen LogP contribution in [0.2, 0.25) is 0 Å². The van der Waals surface area contributed by atoms with Crippen LogP contribution in [0.15, 0.2) is 78.9 Å². The van der Waals surface area contributed by atoms with Gasteiger partial charge < -0.3 is 21.5 Å². The summed E-state index contributed by atoms with van der Waals surface area (Å²) in [6.07, 6.45) is 0. The van der Waals surface area contributed by atoms with E-state index in [0.717, 1.165) is 0 Å². The van der Waals surface area contributed by atoms with Crippen molar-refractivity contribution in [2.45, 2.75) is 18.9 Å². The number of carbonyl (C=O) groups excluding carboxylic acids is 2. The Kier molecular flexibility index (Phi) is 7.20. The largest absolute Gasteiger partial charge is 0.478 e. The third-order valence-corrected chi connectivity index (χ3v) is 5.14. The van der Waals surface area contributed by atoms with Crippen LogP contribution in [0.1, 0.15) is 45.9 Å². The van der Waals surface area contributed by atoms with E-state index in [1.165, 1.54) is 12.1 Å². The minimum absolute atomic E-state index is 0.0835. The average molecular weight is 444 g/mol. The number of carboxylic acid groups (broad SMARTS) is 1. The van der Waals surface area contributed by atoms with E-state index in [4.69, 9.17) is 16.2 Å². The molecule has 0 aliphatic rings. The van der Waals surface area contributed by atoms with Gasteiger partial charge in [0.1, 0.15) is 11.8 Å². The minimum atomic E-state index is -1.11. The quantitative estimate of drug-likeness (QED) is 0.206. The molecule has 0 saturated carbocycles. The number of amides is 2. The van der Waals surface area contributed by atoms with Crippen molar-refractivity contribution in [3.8, 4) is 0 Å². The van der Waals surface area contributed by atoms with Gasteiger partial charge in [0.05, 0.1) is 11.6 Å². The Hall–Kier alpha value is -4.46.